The highest BCUT2D eigenvalue weighted by Gasteiger charge is 2.24. The summed E-state index contributed by atoms with van der Waals surface area (Å²) in [4.78, 5) is 22.6. The first-order chi connectivity index (χ1) is 11.4. The predicted octanol–water partition coefficient (Wildman–Crippen LogP) is 1.76. The molecule has 24 heavy (non-hydrogen) atoms. The Morgan fingerprint density at radius 1 is 1.33 bits per heavy atom. The molecule has 1 rings (SSSR count). The van der Waals surface area contributed by atoms with Crippen LogP contribution >= 0.6 is 0 Å². The summed E-state index contributed by atoms with van der Waals surface area (Å²) in [6.45, 7) is 4.38. The number of amides is 2. The van der Waals surface area contributed by atoms with Crippen molar-refractivity contribution in [3.05, 3.63) is 0 Å². The van der Waals surface area contributed by atoms with Gasteiger partial charge in [-0.05, 0) is 25.7 Å². The van der Waals surface area contributed by atoms with Crippen molar-refractivity contribution in [1.82, 2.24) is 10.6 Å². The van der Waals surface area contributed by atoms with Gasteiger partial charge in [0.1, 0.15) is 6.61 Å². The first-order valence-electron chi connectivity index (χ1n) is 8.80. The van der Waals surface area contributed by atoms with E-state index in [9.17, 15) is 18.0 Å². The molecule has 0 spiro atoms. The molecule has 0 aromatic carbocycles. The predicted molar refractivity (Wildman–Crippen MR) is 92.5 cm³/mol. The van der Waals surface area contributed by atoms with E-state index < -0.39 is 15.9 Å². The van der Waals surface area contributed by atoms with E-state index in [1.807, 2.05) is 13.8 Å². The Morgan fingerprint density at radius 3 is 2.54 bits per heavy atom. The molecule has 1 atom stereocenters. The van der Waals surface area contributed by atoms with Crippen LogP contribution in [-0.2, 0) is 19.4 Å². The van der Waals surface area contributed by atoms with Gasteiger partial charge in [0, 0.05) is 13.0 Å². The van der Waals surface area contributed by atoms with Crippen LogP contribution in [0.2, 0.25) is 0 Å². The summed E-state index contributed by atoms with van der Waals surface area (Å²) < 4.78 is 29.6. The molecule has 1 aliphatic rings. The summed E-state index contributed by atoms with van der Waals surface area (Å²) in [6.07, 6.45) is 4.02. The number of rotatable bonds is 11. The fourth-order valence-corrected chi connectivity index (χ4v) is 4.88. The zero-order valence-corrected chi connectivity index (χ0v) is 15.5. The van der Waals surface area contributed by atoms with Gasteiger partial charge in [-0.15, -0.1) is 0 Å². The van der Waals surface area contributed by atoms with E-state index in [1.165, 1.54) is 0 Å². The molecule has 1 heterocycles. The zero-order valence-electron chi connectivity index (χ0n) is 14.7. The van der Waals surface area contributed by atoms with Crippen LogP contribution in [0.4, 0.5) is 4.79 Å². The lowest BCUT2D eigenvalue weighted by Gasteiger charge is -2.16. The van der Waals surface area contributed by atoms with Gasteiger partial charge in [-0.1, -0.05) is 26.7 Å². The van der Waals surface area contributed by atoms with Crippen molar-refractivity contribution in [2.45, 2.75) is 70.1 Å². The summed E-state index contributed by atoms with van der Waals surface area (Å²) in [7, 11) is -3.12. The maximum absolute atomic E-state index is 12.3. The molecule has 140 valence electrons. The molecule has 2 amide bonds. The Bertz CT molecular complexity index is 501. The van der Waals surface area contributed by atoms with Crippen LogP contribution in [0.25, 0.3) is 0 Å². The standard InChI is InChI=1S/C16H30N2O5S/c1-3-6-14(7-4-2)24(21,22)11-5-10-17-16(20)23-12-13-8-9-15(19)18-13/h13-14H,3-12H2,1-2H3,(H,17,20)(H,18,19)/t13-/m1/s1. The number of ether oxygens (including phenoxy) is 1. The number of hydrogen-bond donors (Lipinski definition) is 2. The number of carbonyl (C=O) groups is 2. The molecule has 7 nitrogen and oxygen atoms in total. The second kappa shape index (κ2) is 10.5. The summed E-state index contributed by atoms with van der Waals surface area (Å²) in [5.74, 6) is 0.0549. The molecule has 1 fully saturated rings. The zero-order chi connectivity index (χ0) is 18.0. The minimum atomic E-state index is -3.12. The van der Waals surface area contributed by atoms with Crippen LogP contribution in [-0.4, -0.2) is 50.6 Å². The average Bonchev–Trinajstić information content (AvgIpc) is 2.95. The van der Waals surface area contributed by atoms with Crippen LogP contribution in [0.1, 0.15) is 58.8 Å². The number of nitrogens with one attached hydrogen (secondary N) is 2. The van der Waals surface area contributed by atoms with Crippen LogP contribution in [0.15, 0.2) is 0 Å². The Hall–Kier alpha value is -1.31. The Morgan fingerprint density at radius 2 is 2.00 bits per heavy atom. The van der Waals surface area contributed by atoms with Gasteiger partial charge in [0.25, 0.3) is 0 Å². The molecule has 0 aromatic heterocycles. The van der Waals surface area contributed by atoms with Crippen molar-refractivity contribution in [2.75, 3.05) is 18.9 Å². The third kappa shape index (κ3) is 7.51. The highest BCUT2D eigenvalue weighted by atomic mass is 32.2. The highest BCUT2D eigenvalue weighted by Crippen LogP contribution is 2.16. The van der Waals surface area contributed by atoms with E-state index in [4.69, 9.17) is 4.74 Å². The van der Waals surface area contributed by atoms with Gasteiger partial charge >= 0.3 is 6.09 Å². The highest BCUT2D eigenvalue weighted by molar-refractivity contribution is 7.92. The molecule has 0 saturated carbocycles. The van der Waals surface area contributed by atoms with Crippen molar-refractivity contribution < 1.29 is 22.7 Å². The van der Waals surface area contributed by atoms with Crippen LogP contribution in [0.3, 0.4) is 0 Å². The largest absolute Gasteiger partial charge is 0.447 e. The van der Waals surface area contributed by atoms with Crippen molar-refractivity contribution >= 4 is 21.8 Å². The lowest BCUT2D eigenvalue weighted by molar-refractivity contribution is -0.119. The third-order valence-corrected chi connectivity index (χ3v) is 6.45. The average molecular weight is 362 g/mol. The monoisotopic (exact) mass is 362 g/mol. The Kier molecular flexibility index (Phi) is 9.10. The fourth-order valence-electron chi connectivity index (χ4n) is 2.81. The fraction of sp³-hybridized carbons (Fsp3) is 0.875. The van der Waals surface area contributed by atoms with Gasteiger partial charge in [-0.2, -0.15) is 0 Å². The van der Waals surface area contributed by atoms with E-state index >= 15 is 0 Å². The Labute approximate surface area is 144 Å². The molecule has 1 saturated heterocycles. The van der Waals surface area contributed by atoms with Gasteiger partial charge in [0.15, 0.2) is 9.84 Å². The van der Waals surface area contributed by atoms with E-state index in [2.05, 4.69) is 10.6 Å². The van der Waals surface area contributed by atoms with Crippen LogP contribution in [0.5, 0.6) is 0 Å². The minimum Gasteiger partial charge on any atom is -0.447 e. The molecule has 0 bridgehead atoms. The lowest BCUT2D eigenvalue weighted by atomic mass is 10.2. The normalized spacial score (nSPS) is 17.8. The minimum absolute atomic E-state index is 0.0251. The van der Waals surface area contributed by atoms with Gasteiger partial charge in [-0.3, -0.25) is 4.79 Å². The summed E-state index contributed by atoms with van der Waals surface area (Å²) in [5, 5.41) is 4.99. The van der Waals surface area contributed by atoms with Crippen molar-refractivity contribution in [2.24, 2.45) is 0 Å². The molecule has 1 aliphatic heterocycles. The van der Waals surface area contributed by atoms with Crippen LogP contribution < -0.4 is 10.6 Å². The van der Waals surface area contributed by atoms with E-state index in [0.717, 1.165) is 12.8 Å². The van der Waals surface area contributed by atoms with Gasteiger partial charge in [0.05, 0.1) is 17.0 Å². The summed E-state index contributed by atoms with van der Waals surface area (Å²) >= 11 is 0. The molecular formula is C16H30N2O5S. The quantitative estimate of drug-likeness (QED) is 0.545. The summed E-state index contributed by atoms with van der Waals surface area (Å²) in [5.41, 5.74) is 0. The van der Waals surface area contributed by atoms with E-state index in [-0.39, 0.29) is 36.1 Å². The molecule has 0 radical (unpaired) electrons. The Balaban J connectivity index is 2.21. The molecule has 2 N–H and O–H groups in total. The lowest BCUT2D eigenvalue weighted by Crippen LogP contribution is -2.34. The number of alkyl carbamates (subject to hydrolysis) is 1. The summed E-state index contributed by atoms with van der Waals surface area (Å²) in [6, 6.07) is -0.118. The molecule has 8 heteroatoms. The van der Waals surface area contributed by atoms with Crippen molar-refractivity contribution in [3.63, 3.8) is 0 Å². The van der Waals surface area contributed by atoms with E-state index in [1.54, 1.807) is 0 Å². The van der Waals surface area contributed by atoms with Crippen LogP contribution in [0, 0.1) is 0 Å². The van der Waals surface area contributed by atoms with Crippen molar-refractivity contribution in [3.8, 4) is 0 Å². The second-order valence-corrected chi connectivity index (χ2v) is 8.65. The van der Waals surface area contributed by atoms with E-state index in [0.29, 0.717) is 32.1 Å². The van der Waals surface area contributed by atoms with Gasteiger partial charge < -0.3 is 15.4 Å². The number of carbonyl (C=O) groups excluding carboxylic acids is 2. The molecule has 0 aromatic rings. The SMILES string of the molecule is CCCC(CCC)S(=O)(=O)CCCNC(=O)OC[C@H]1CCC(=O)N1. The third-order valence-electron chi connectivity index (χ3n) is 4.10. The van der Waals surface area contributed by atoms with Crippen molar-refractivity contribution in [1.29, 1.82) is 0 Å². The van der Waals surface area contributed by atoms with Gasteiger partial charge in [0.2, 0.25) is 5.91 Å². The molecule has 0 aliphatic carbocycles. The maximum atomic E-state index is 12.3. The maximum Gasteiger partial charge on any atom is 0.407 e. The molecule has 0 unspecified atom stereocenters. The topological polar surface area (TPSA) is 102 Å². The first kappa shape index (κ1) is 20.7. The first-order valence-corrected chi connectivity index (χ1v) is 10.5. The number of sulfone groups is 1. The second-order valence-electron chi connectivity index (χ2n) is 6.25. The number of hydrogen-bond acceptors (Lipinski definition) is 5. The molecular weight excluding hydrogens is 332 g/mol. The van der Waals surface area contributed by atoms with Gasteiger partial charge in [-0.25, -0.2) is 13.2 Å². The smallest absolute Gasteiger partial charge is 0.407 e.